The molecule has 0 radical (unpaired) electrons. The number of rotatable bonds is 9. The van der Waals surface area contributed by atoms with Gasteiger partial charge in [0.05, 0.1) is 44.5 Å². The fourth-order valence-corrected chi connectivity index (χ4v) is 4.09. The lowest BCUT2D eigenvalue weighted by Gasteiger charge is -2.24. The van der Waals surface area contributed by atoms with Crippen LogP contribution in [-0.4, -0.2) is 92.2 Å². The first-order chi connectivity index (χ1) is 19.9. The molecule has 4 rings (SSSR count). The Hall–Kier alpha value is -4.94. The van der Waals surface area contributed by atoms with E-state index in [4.69, 9.17) is 14.0 Å². The summed E-state index contributed by atoms with van der Waals surface area (Å²) in [4.78, 5) is 65.2. The van der Waals surface area contributed by atoms with Gasteiger partial charge in [0.15, 0.2) is 17.4 Å². The Morgan fingerprint density at radius 3 is 2.45 bits per heavy atom. The topological polar surface area (TPSA) is 177 Å². The van der Waals surface area contributed by atoms with Crippen molar-refractivity contribution in [3.63, 3.8) is 0 Å². The molecule has 2 aliphatic rings. The molecule has 1 atom stereocenters. The lowest BCUT2D eigenvalue weighted by atomic mass is 10.2. The molecule has 2 fully saturated rings. The third kappa shape index (κ3) is 6.85. The minimum Gasteiger partial charge on any atom is -0.442 e. The molecule has 42 heavy (non-hydrogen) atoms. The van der Waals surface area contributed by atoms with Crippen LogP contribution in [0.1, 0.15) is 10.6 Å². The van der Waals surface area contributed by atoms with Crippen LogP contribution in [0.15, 0.2) is 28.7 Å². The molecule has 2 N–H and O–H groups in total. The molecule has 4 amide bonds. The van der Waals surface area contributed by atoms with Crippen molar-refractivity contribution in [1.29, 1.82) is 0 Å². The molecular weight excluding hydrogens is 580 g/mol. The molecule has 2 aliphatic heterocycles. The Labute approximate surface area is 233 Å². The minimum atomic E-state index is -3.26. The van der Waals surface area contributed by atoms with Gasteiger partial charge in [-0.15, -0.1) is 0 Å². The molecule has 2 aromatic rings. The van der Waals surface area contributed by atoms with Gasteiger partial charge in [-0.1, -0.05) is 0 Å². The third-order valence-electron chi connectivity index (χ3n) is 6.06. The fraction of sp³-hybridized carbons (Fsp3) is 0.391. The molecule has 0 unspecified atom stereocenters. The van der Waals surface area contributed by atoms with E-state index in [-0.39, 0.29) is 44.2 Å². The zero-order valence-electron chi connectivity index (χ0n) is 21.4. The van der Waals surface area contributed by atoms with Crippen molar-refractivity contribution < 1.29 is 55.7 Å². The number of hydroxylamine groups is 2. The first-order valence-electron chi connectivity index (χ1n) is 12.2. The number of carbonyl (C=O) groups is 4. The first kappa shape index (κ1) is 30.0. The number of alkyl halides is 2. The smallest absolute Gasteiger partial charge is 0.433 e. The van der Waals surface area contributed by atoms with Crippen LogP contribution in [0.5, 0.6) is 0 Å². The molecule has 0 saturated carbocycles. The number of hydrogen-bond donors (Lipinski definition) is 2. The predicted molar refractivity (Wildman–Crippen MR) is 131 cm³/mol. The minimum absolute atomic E-state index is 0.0446. The summed E-state index contributed by atoms with van der Waals surface area (Å²) in [6, 6.07) is 3.79. The average Bonchev–Trinajstić information content (AvgIpc) is 3.51. The average molecular weight is 602 g/mol. The number of nitrogens with zero attached hydrogens (tertiary/aromatic N) is 4. The monoisotopic (exact) mass is 602 g/mol. The van der Waals surface area contributed by atoms with Crippen LogP contribution >= 0.6 is 0 Å². The standard InChI is InChI=1S/C23H22F4N6O9/c24-14-7-12(31-11-13(41-23(31)37)9-28-22(36)20(26)27)8-15(25)19(14)30-3-4-32(40-6-5-30)17(34)10-29-21(35)16-1-2-18(42-16)33(38)39/h1-2,7-8,13,20H,3-6,9-11H2,(H,28,36)(H,29,35)/t13-/m0/s1. The fourth-order valence-electron chi connectivity index (χ4n) is 4.09. The number of nitrogens with one attached hydrogen (secondary N) is 2. The molecule has 3 heterocycles. The van der Waals surface area contributed by atoms with Gasteiger partial charge in [-0.25, -0.2) is 18.6 Å². The summed E-state index contributed by atoms with van der Waals surface area (Å²) in [6.07, 6.45) is -5.28. The Kier molecular flexibility index (Phi) is 9.09. The van der Waals surface area contributed by atoms with Crippen LogP contribution < -0.4 is 20.4 Å². The molecule has 0 bridgehead atoms. The van der Waals surface area contributed by atoms with E-state index < -0.39 is 77.6 Å². The summed E-state index contributed by atoms with van der Waals surface area (Å²) in [7, 11) is 0. The van der Waals surface area contributed by atoms with E-state index in [0.29, 0.717) is 0 Å². The number of amides is 4. The Morgan fingerprint density at radius 2 is 1.81 bits per heavy atom. The largest absolute Gasteiger partial charge is 0.442 e. The second-order valence-corrected chi connectivity index (χ2v) is 8.81. The van der Waals surface area contributed by atoms with Crippen molar-refractivity contribution in [2.45, 2.75) is 12.5 Å². The van der Waals surface area contributed by atoms with Crippen LogP contribution in [0.4, 0.5) is 39.6 Å². The molecule has 226 valence electrons. The molecule has 2 saturated heterocycles. The van der Waals surface area contributed by atoms with E-state index in [1.165, 1.54) is 4.90 Å². The van der Waals surface area contributed by atoms with Crippen molar-refractivity contribution in [3.8, 4) is 0 Å². The van der Waals surface area contributed by atoms with Crippen molar-refractivity contribution in [3.05, 3.63) is 51.8 Å². The highest BCUT2D eigenvalue weighted by Crippen LogP contribution is 2.31. The number of halogens is 4. The van der Waals surface area contributed by atoms with E-state index >= 15 is 8.78 Å². The van der Waals surface area contributed by atoms with E-state index in [0.717, 1.165) is 34.2 Å². The van der Waals surface area contributed by atoms with Crippen LogP contribution in [-0.2, 0) is 19.2 Å². The highest BCUT2D eigenvalue weighted by molar-refractivity contribution is 5.94. The lowest BCUT2D eigenvalue weighted by molar-refractivity contribution is -0.402. The number of cyclic esters (lactones) is 1. The van der Waals surface area contributed by atoms with Crippen LogP contribution in [0, 0.1) is 21.7 Å². The number of furan rings is 1. The summed E-state index contributed by atoms with van der Waals surface area (Å²) >= 11 is 0. The number of benzene rings is 1. The van der Waals surface area contributed by atoms with E-state index in [9.17, 15) is 38.1 Å². The molecule has 15 nitrogen and oxygen atoms in total. The summed E-state index contributed by atoms with van der Waals surface area (Å²) in [5.74, 6) is -6.30. The molecule has 1 aromatic heterocycles. The zero-order valence-corrected chi connectivity index (χ0v) is 21.4. The quantitative estimate of drug-likeness (QED) is 0.241. The van der Waals surface area contributed by atoms with Gasteiger partial charge in [-0.3, -0.25) is 34.2 Å². The van der Waals surface area contributed by atoms with Crippen molar-refractivity contribution >= 4 is 41.1 Å². The van der Waals surface area contributed by atoms with Crippen LogP contribution in [0.3, 0.4) is 0 Å². The molecule has 0 aliphatic carbocycles. The number of carbonyl (C=O) groups excluding carboxylic acids is 4. The maximum atomic E-state index is 15.1. The molecule has 1 aromatic carbocycles. The maximum absolute atomic E-state index is 15.1. The highest BCUT2D eigenvalue weighted by Gasteiger charge is 2.35. The number of nitro groups is 1. The van der Waals surface area contributed by atoms with Gasteiger partial charge in [-0.05, 0) is 6.07 Å². The molecular formula is C23H22F4N6O9. The number of hydrogen-bond acceptors (Lipinski definition) is 10. The van der Waals surface area contributed by atoms with Crippen molar-refractivity contribution in [2.24, 2.45) is 0 Å². The second kappa shape index (κ2) is 12.7. The lowest BCUT2D eigenvalue weighted by Crippen LogP contribution is -2.41. The zero-order chi connectivity index (χ0) is 30.6. The third-order valence-corrected chi connectivity index (χ3v) is 6.06. The van der Waals surface area contributed by atoms with E-state index in [2.05, 4.69) is 5.32 Å². The summed E-state index contributed by atoms with van der Waals surface area (Å²) in [6.45, 7) is -1.72. The molecule has 0 spiro atoms. The van der Waals surface area contributed by atoms with Gasteiger partial charge in [0.2, 0.25) is 0 Å². The maximum Gasteiger partial charge on any atom is 0.433 e. The summed E-state index contributed by atoms with van der Waals surface area (Å²) in [5, 5.41) is 15.7. The van der Waals surface area contributed by atoms with Gasteiger partial charge in [0.25, 0.3) is 17.7 Å². The van der Waals surface area contributed by atoms with Gasteiger partial charge < -0.3 is 24.7 Å². The van der Waals surface area contributed by atoms with Crippen molar-refractivity contribution in [2.75, 3.05) is 55.7 Å². The SMILES string of the molecule is O=C(NCC(=O)N1CCN(c2c(F)cc(N3C[C@H](CNC(=O)C(F)F)OC3=O)cc2F)CCO1)c1ccc([N+](=O)[O-])o1. The van der Waals surface area contributed by atoms with Crippen LogP contribution in [0.25, 0.3) is 0 Å². The highest BCUT2D eigenvalue weighted by atomic mass is 19.3. The Morgan fingerprint density at radius 1 is 1.10 bits per heavy atom. The van der Waals surface area contributed by atoms with Gasteiger partial charge >= 0.3 is 18.4 Å². The Balaban J connectivity index is 1.33. The first-order valence-corrected chi connectivity index (χ1v) is 12.2. The normalized spacial score (nSPS) is 17.2. The molecule has 19 heteroatoms. The number of ether oxygens (including phenoxy) is 1. The van der Waals surface area contributed by atoms with Crippen molar-refractivity contribution in [1.82, 2.24) is 15.7 Å². The Bertz CT molecular complexity index is 1370. The van der Waals surface area contributed by atoms with Crippen LogP contribution in [0.2, 0.25) is 0 Å². The van der Waals surface area contributed by atoms with E-state index in [1.54, 1.807) is 0 Å². The van der Waals surface area contributed by atoms with Gasteiger partial charge in [-0.2, -0.15) is 8.78 Å². The predicted octanol–water partition coefficient (Wildman–Crippen LogP) is 1.18. The summed E-state index contributed by atoms with van der Waals surface area (Å²) < 4.78 is 64.6. The van der Waals surface area contributed by atoms with Gasteiger partial charge in [0, 0.05) is 25.2 Å². The van der Waals surface area contributed by atoms with E-state index in [1.807, 2.05) is 5.32 Å². The number of anilines is 2. The summed E-state index contributed by atoms with van der Waals surface area (Å²) in [5.41, 5.74) is -0.667. The van der Waals surface area contributed by atoms with Gasteiger partial charge in [0.1, 0.15) is 16.7 Å². The second-order valence-electron chi connectivity index (χ2n) is 8.81.